The van der Waals surface area contributed by atoms with Crippen molar-refractivity contribution in [3.63, 3.8) is 0 Å². The molecule has 20 heavy (non-hydrogen) atoms. The van der Waals surface area contributed by atoms with Crippen LogP contribution in [0.3, 0.4) is 0 Å². The Labute approximate surface area is 127 Å². The maximum absolute atomic E-state index is 13.8. The molecule has 1 saturated heterocycles. The van der Waals surface area contributed by atoms with E-state index >= 15 is 0 Å². The number of likely N-dealkylation sites (tertiary alicyclic amines) is 1. The van der Waals surface area contributed by atoms with E-state index in [0.717, 1.165) is 38.4 Å². The maximum atomic E-state index is 13.8. The second kappa shape index (κ2) is 6.85. The van der Waals surface area contributed by atoms with Crippen LogP contribution in [0, 0.1) is 11.6 Å². The highest BCUT2D eigenvalue weighted by molar-refractivity contribution is 9.10. The Balaban J connectivity index is 2.04. The summed E-state index contributed by atoms with van der Waals surface area (Å²) in [4.78, 5) is 2.44. The predicted molar refractivity (Wildman–Crippen MR) is 82.0 cm³/mol. The van der Waals surface area contributed by atoms with Crippen molar-refractivity contribution in [3.8, 4) is 0 Å². The van der Waals surface area contributed by atoms with Gasteiger partial charge in [-0.15, -0.1) is 0 Å². The van der Waals surface area contributed by atoms with Crippen molar-refractivity contribution in [2.24, 2.45) is 0 Å². The van der Waals surface area contributed by atoms with Crippen LogP contribution in [0.25, 0.3) is 0 Å². The second-order valence-corrected chi connectivity index (χ2v) is 6.50. The van der Waals surface area contributed by atoms with E-state index in [4.69, 9.17) is 0 Å². The van der Waals surface area contributed by atoms with Gasteiger partial charge in [0.25, 0.3) is 0 Å². The molecule has 1 aliphatic rings. The van der Waals surface area contributed by atoms with Gasteiger partial charge in [-0.3, -0.25) is 0 Å². The molecule has 2 nitrogen and oxygen atoms in total. The minimum absolute atomic E-state index is 0.231. The number of hydrogen-bond donors (Lipinski definition) is 1. The third-order valence-corrected chi connectivity index (χ3v) is 4.47. The van der Waals surface area contributed by atoms with Crippen molar-refractivity contribution < 1.29 is 8.78 Å². The van der Waals surface area contributed by atoms with Crippen LogP contribution in [0.5, 0.6) is 0 Å². The van der Waals surface area contributed by atoms with Crippen molar-refractivity contribution >= 4 is 21.6 Å². The van der Waals surface area contributed by atoms with Crippen LogP contribution in [-0.4, -0.2) is 30.1 Å². The number of nitrogens with one attached hydrogen (secondary N) is 1. The average molecular weight is 347 g/mol. The van der Waals surface area contributed by atoms with Crippen molar-refractivity contribution in [2.45, 2.75) is 45.2 Å². The predicted octanol–water partition coefficient (Wildman–Crippen LogP) is 4.40. The first-order valence-corrected chi connectivity index (χ1v) is 7.92. The van der Waals surface area contributed by atoms with Crippen LogP contribution >= 0.6 is 15.9 Å². The van der Waals surface area contributed by atoms with Crippen LogP contribution in [0.15, 0.2) is 16.6 Å². The van der Waals surface area contributed by atoms with E-state index in [1.54, 1.807) is 0 Å². The van der Waals surface area contributed by atoms with E-state index in [9.17, 15) is 8.78 Å². The largest absolute Gasteiger partial charge is 0.379 e. The van der Waals surface area contributed by atoms with Gasteiger partial charge in [0, 0.05) is 29.2 Å². The molecule has 5 heteroatoms. The van der Waals surface area contributed by atoms with Gasteiger partial charge in [-0.05, 0) is 61.7 Å². The molecule has 1 unspecified atom stereocenters. The lowest BCUT2D eigenvalue weighted by atomic mass is 10.1. The summed E-state index contributed by atoms with van der Waals surface area (Å²) in [6.07, 6.45) is 3.07. The quantitative estimate of drug-likeness (QED) is 0.872. The zero-order chi connectivity index (χ0) is 14.7. The zero-order valence-electron chi connectivity index (χ0n) is 11.9. The Bertz CT molecular complexity index is 442. The highest BCUT2D eigenvalue weighted by Crippen LogP contribution is 2.29. The minimum Gasteiger partial charge on any atom is -0.379 e. The van der Waals surface area contributed by atoms with Crippen LogP contribution in [0.4, 0.5) is 14.5 Å². The number of rotatable bonds is 3. The molecule has 2 rings (SSSR count). The normalized spacial score (nSPS) is 21.0. The van der Waals surface area contributed by atoms with E-state index in [-0.39, 0.29) is 6.04 Å². The van der Waals surface area contributed by atoms with Gasteiger partial charge in [-0.1, -0.05) is 0 Å². The molecule has 1 atom stereocenters. The number of hydrogen-bond acceptors (Lipinski definition) is 2. The lowest BCUT2D eigenvalue weighted by Gasteiger charge is -2.24. The van der Waals surface area contributed by atoms with E-state index in [2.05, 4.69) is 40.0 Å². The van der Waals surface area contributed by atoms with Gasteiger partial charge in [0.05, 0.1) is 5.69 Å². The molecule has 0 radical (unpaired) electrons. The summed E-state index contributed by atoms with van der Waals surface area (Å²) in [6.45, 7) is 6.49. The number of anilines is 1. The Kier molecular flexibility index (Phi) is 5.38. The van der Waals surface area contributed by atoms with Crippen LogP contribution < -0.4 is 5.32 Å². The van der Waals surface area contributed by atoms with Crippen molar-refractivity contribution in [1.29, 1.82) is 0 Å². The molecular formula is C15H21BrF2N2. The molecule has 1 fully saturated rings. The van der Waals surface area contributed by atoms with Crippen LogP contribution in [0.1, 0.15) is 33.1 Å². The zero-order valence-corrected chi connectivity index (χ0v) is 13.5. The third-order valence-electron chi connectivity index (χ3n) is 3.85. The van der Waals surface area contributed by atoms with Gasteiger partial charge in [-0.2, -0.15) is 0 Å². The van der Waals surface area contributed by atoms with E-state index < -0.39 is 11.6 Å². The Morgan fingerprint density at radius 1 is 1.25 bits per heavy atom. The molecule has 0 spiro atoms. The molecule has 1 aromatic carbocycles. The van der Waals surface area contributed by atoms with Gasteiger partial charge < -0.3 is 10.2 Å². The van der Waals surface area contributed by atoms with Crippen molar-refractivity contribution in [2.75, 3.05) is 18.4 Å². The molecular weight excluding hydrogens is 326 g/mol. The van der Waals surface area contributed by atoms with Gasteiger partial charge in [0.1, 0.15) is 11.6 Å². The van der Waals surface area contributed by atoms with Crippen molar-refractivity contribution in [3.05, 3.63) is 28.2 Å². The standard InChI is InChI=1S/C15H21BrF2N2/c1-10(2)20-6-3-4-12(5-7-20)19-15-13(16)8-11(17)9-14(15)18/h8-10,12,19H,3-7H2,1-2H3. The number of halogens is 3. The Hall–Kier alpha value is -0.680. The summed E-state index contributed by atoms with van der Waals surface area (Å²) in [5.41, 5.74) is 0.370. The summed E-state index contributed by atoms with van der Waals surface area (Å²) < 4.78 is 27.4. The molecule has 1 N–H and O–H groups in total. The fourth-order valence-corrected chi connectivity index (χ4v) is 3.19. The fourth-order valence-electron chi connectivity index (χ4n) is 2.66. The number of nitrogens with zero attached hydrogens (tertiary/aromatic N) is 1. The average Bonchev–Trinajstić information content (AvgIpc) is 2.59. The molecule has 1 heterocycles. The lowest BCUT2D eigenvalue weighted by Crippen LogP contribution is -2.32. The molecule has 0 amide bonds. The lowest BCUT2D eigenvalue weighted by molar-refractivity contribution is 0.230. The topological polar surface area (TPSA) is 15.3 Å². The maximum Gasteiger partial charge on any atom is 0.150 e. The van der Waals surface area contributed by atoms with Gasteiger partial charge >= 0.3 is 0 Å². The molecule has 0 bridgehead atoms. The van der Waals surface area contributed by atoms with Crippen LogP contribution in [0.2, 0.25) is 0 Å². The summed E-state index contributed by atoms with van der Waals surface area (Å²) in [5, 5.41) is 3.23. The van der Waals surface area contributed by atoms with E-state index in [0.29, 0.717) is 16.2 Å². The molecule has 0 aliphatic carbocycles. The van der Waals surface area contributed by atoms with Gasteiger partial charge in [-0.25, -0.2) is 8.78 Å². The first-order chi connectivity index (χ1) is 9.47. The van der Waals surface area contributed by atoms with E-state index in [1.165, 1.54) is 6.07 Å². The van der Waals surface area contributed by atoms with Gasteiger partial charge in [0.15, 0.2) is 0 Å². The van der Waals surface area contributed by atoms with E-state index in [1.807, 2.05) is 0 Å². The molecule has 112 valence electrons. The van der Waals surface area contributed by atoms with Crippen molar-refractivity contribution in [1.82, 2.24) is 4.90 Å². The highest BCUT2D eigenvalue weighted by atomic mass is 79.9. The third kappa shape index (κ3) is 3.92. The summed E-state index contributed by atoms with van der Waals surface area (Å²) in [5.74, 6) is -1.10. The van der Waals surface area contributed by atoms with Gasteiger partial charge in [0.2, 0.25) is 0 Å². The fraction of sp³-hybridized carbons (Fsp3) is 0.600. The summed E-state index contributed by atoms with van der Waals surface area (Å²) in [6, 6.07) is 2.99. The smallest absolute Gasteiger partial charge is 0.150 e. The Morgan fingerprint density at radius 2 is 2.00 bits per heavy atom. The molecule has 1 aromatic rings. The minimum atomic E-state index is -0.563. The monoisotopic (exact) mass is 346 g/mol. The second-order valence-electron chi connectivity index (χ2n) is 5.65. The molecule has 1 aliphatic heterocycles. The van der Waals surface area contributed by atoms with Crippen LogP contribution in [-0.2, 0) is 0 Å². The molecule has 0 aromatic heterocycles. The SMILES string of the molecule is CC(C)N1CCCC(Nc2c(F)cc(F)cc2Br)CC1. The number of benzene rings is 1. The first-order valence-electron chi connectivity index (χ1n) is 7.12. The summed E-state index contributed by atoms with van der Waals surface area (Å²) in [7, 11) is 0. The Morgan fingerprint density at radius 3 is 2.65 bits per heavy atom. The first kappa shape index (κ1) is 15.7. The highest BCUT2D eigenvalue weighted by Gasteiger charge is 2.20. The summed E-state index contributed by atoms with van der Waals surface area (Å²) >= 11 is 3.23. The molecule has 0 saturated carbocycles.